The molecule has 0 saturated carbocycles. The van der Waals surface area contributed by atoms with Crippen LogP contribution in [0, 0.1) is 0 Å². The van der Waals surface area contributed by atoms with Crippen LogP contribution in [0.15, 0.2) is 54.2 Å². The number of hydrogen-bond acceptors (Lipinski definition) is 8. The Morgan fingerprint density at radius 2 is 1.76 bits per heavy atom. The summed E-state index contributed by atoms with van der Waals surface area (Å²) in [6.07, 6.45) is 3.20. The summed E-state index contributed by atoms with van der Waals surface area (Å²) < 4.78 is 16.0. The van der Waals surface area contributed by atoms with Gasteiger partial charge in [-0.1, -0.05) is 0 Å². The van der Waals surface area contributed by atoms with Crippen LogP contribution in [0.1, 0.15) is 16.1 Å². The SMILES string of the molecule is COc1ccc(-c2nc(COC(=O)c3ccc4nccnc4c3)cs2)cc1OC. The Bertz CT molecular complexity index is 1180. The van der Waals surface area contributed by atoms with Crippen molar-refractivity contribution in [3.63, 3.8) is 0 Å². The van der Waals surface area contributed by atoms with Crippen LogP contribution in [0.3, 0.4) is 0 Å². The van der Waals surface area contributed by atoms with Crippen LogP contribution in [-0.4, -0.2) is 35.1 Å². The summed E-state index contributed by atoms with van der Waals surface area (Å²) in [7, 11) is 3.18. The zero-order valence-corrected chi connectivity index (χ0v) is 16.6. The summed E-state index contributed by atoms with van der Waals surface area (Å²) in [6.45, 7) is 0.0845. The molecular weight excluding hydrogens is 390 g/mol. The van der Waals surface area contributed by atoms with Gasteiger partial charge in [0.1, 0.15) is 11.6 Å². The smallest absolute Gasteiger partial charge is 0.338 e. The summed E-state index contributed by atoms with van der Waals surface area (Å²) in [5.41, 5.74) is 3.37. The molecule has 0 amide bonds. The van der Waals surface area contributed by atoms with Crippen molar-refractivity contribution in [1.29, 1.82) is 0 Å². The molecule has 0 radical (unpaired) electrons. The van der Waals surface area contributed by atoms with Crippen LogP contribution in [0.4, 0.5) is 0 Å². The van der Waals surface area contributed by atoms with Crippen molar-refractivity contribution in [1.82, 2.24) is 15.0 Å². The van der Waals surface area contributed by atoms with E-state index >= 15 is 0 Å². The second-order valence-electron chi connectivity index (χ2n) is 6.05. The third-order valence-corrected chi connectivity index (χ3v) is 5.18. The highest BCUT2D eigenvalue weighted by molar-refractivity contribution is 7.13. The van der Waals surface area contributed by atoms with Gasteiger partial charge >= 0.3 is 5.97 Å². The van der Waals surface area contributed by atoms with Crippen molar-refractivity contribution in [2.24, 2.45) is 0 Å². The molecule has 0 atom stereocenters. The van der Waals surface area contributed by atoms with Crippen molar-refractivity contribution in [2.45, 2.75) is 6.61 Å². The van der Waals surface area contributed by atoms with Gasteiger partial charge in [-0.15, -0.1) is 11.3 Å². The summed E-state index contributed by atoms with van der Waals surface area (Å²) in [5, 5.41) is 2.67. The van der Waals surface area contributed by atoms with Crippen molar-refractivity contribution >= 4 is 28.3 Å². The van der Waals surface area contributed by atoms with E-state index in [1.807, 2.05) is 23.6 Å². The third kappa shape index (κ3) is 4.02. The van der Waals surface area contributed by atoms with Gasteiger partial charge in [-0.25, -0.2) is 9.78 Å². The number of carbonyl (C=O) groups is 1. The van der Waals surface area contributed by atoms with Gasteiger partial charge in [0.2, 0.25) is 0 Å². The minimum Gasteiger partial charge on any atom is -0.493 e. The van der Waals surface area contributed by atoms with E-state index in [1.54, 1.807) is 44.8 Å². The highest BCUT2D eigenvalue weighted by Crippen LogP contribution is 2.33. The van der Waals surface area contributed by atoms with Crippen LogP contribution < -0.4 is 9.47 Å². The van der Waals surface area contributed by atoms with Gasteiger partial charge in [0, 0.05) is 23.3 Å². The van der Waals surface area contributed by atoms with E-state index < -0.39 is 5.97 Å². The number of benzene rings is 2. The summed E-state index contributed by atoms with van der Waals surface area (Å²) in [5.74, 6) is 0.854. The topological polar surface area (TPSA) is 83.4 Å². The Morgan fingerprint density at radius 1 is 0.966 bits per heavy atom. The molecule has 2 aromatic heterocycles. The Kier molecular flexibility index (Phi) is 5.35. The molecule has 0 fully saturated rings. The highest BCUT2D eigenvalue weighted by atomic mass is 32.1. The molecule has 4 aromatic rings. The van der Waals surface area contributed by atoms with Gasteiger partial charge in [0.25, 0.3) is 0 Å². The largest absolute Gasteiger partial charge is 0.493 e. The van der Waals surface area contributed by atoms with E-state index in [-0.39, 0.29) is 6.61 Å². The van der Waals surface area contributed by atoms with E-state index in [1.165, 1.54) is 11.3 Å². The van der Waals surface area contributed by atoms with E-state index in [9.17, 15) is 4.79 Å². The monoisotopic (exact) mass is 407 g/mol. The van der Waals surface area contributed by atoms with Crippen LogP contribution in [0.2, 0.25) is 0 Å². The Hall–Kier alpha value is -3.52. The molecule has 0 aliphatic heterocycles. The first-order chi connectivity index (χ1) is 14.2. The molecule has 0 saturated heterocycles. The number of aromatic nitrogens is 3. The molecule has 0 N–H and O–H groups in total. The molecule has 8 heteroatoms. The van der Waals surface area contributed by atoms with E-state index in [4.69, 9.17) is 14.2 Å². The first-order valence-corrected chi connectivity index (χ1v) is 9.60. The molecule has 0 bridgehead atoms. The maximum absolute atomic E-state index is 12.4. The minimum atomic E-state index is -0.432. The van der Waals surface area contributed by atoms with Gasteiger partial charge in [0.05, 0.1) is 36.5 Å². The highest BCUT2D eigenvalue weighted by Gasteiger charge is 2.13. The molecule has 2 heterocycles. The molecule has 2 aromatic carbocycles. The first kappa shape index (κ1) is 18.8. The maximum atomic E-state index is 12.4. The lowest BCUT2D eigenvalue weighted by molar-refractivity contribution is 0.0468. The molecule has 0 spiro atoms. The quantitative estimate of drug-likeness (QED) is 0.444. The van der Waals surface area contributed by atoms with E-state index in [0.29, 0.717) is 28.3 Å². The van der Waals surface area contributed by atoms with Crippen LogP contribution in [0.25, 0.3) is 21.6 Å². The second kappa shape index (κ2) is 8.24. The third-order valence-electron chi connectivity index (χ3n) is 4.24. The summed E-state index contributed by atoms with van der Waals surface area (Å²) in [6, 6.07) is 10.7. The number of carbonyl (C=O) groups excluding carboxylic acids is 1. The average molecular weight is 407 g/mol. The fourth-order valence-electron chi connectivity index (χ4n) is 2.79. The van der Waals surface area contributed by atoms with E-state index in [2.05, 4.69) is 15.0 Å². The standard InChI is InChI=1S/C21H17N3O4S/c1-26-18-6-4-13(10-19(18)27-2)20-24-15(12-29-20)11-28-21(25)14-3-5-16-17(9-14)23-8-7-22-16/h3-10,12H,11H2,1-2H3. The van der Waals surface area contributed by atoms with Gasteiger partial charge < -0.3 is 14.2 Å². The number of thiazole rings is 1. The number of esters is 1. The number of rotatable bonds is 6. The zero-order valence-electron chi connectivity index (χ0n) is 15.8. The lowest BCUT2D eigenvalue weighted by Gasteiger charge is -2.08. The molecule has 146 valence electrons. The lowest BCUT2D eigenvalue weighted by Crippen LogP contribution is -2.05. The zero-order chi connectivity index (χ0) is 20.2. The van der Waals surface area contributed by atoms with Crippen LogP contribution in [0.5, 0.6) is 11.5 Å². The number of methoxy groups -OCH3 is 2. The van der Waals surface area contributed by atoms with Crippen molar-refractivity contribution in [2.75, 3.05) is 14.2 Å². The van der Waals surface area contributed by atoms with Crippen LogP contribution >= 0.6 is 11.3 Å². The van der Waals surface area contributed by atoms with Gasteiger partial charge in [-0.2, -0.15) is 0 Å². The first-order valence-electron chi connectivity index (χ1n) is 8.72. The second-order valence-corrected chi connectivity index (χ2v) is 6.91. The predicted octanol–water partition coefficient (Wildman–Crippen LogP) is 4.13. The maximum Gasteiger partial charge on any atom is 0.338 e. The van der Waals surface area contributed by atoms with E-state index in [0.717, 1.165) is 16.1 Å². The average Bonchev–Trinajstić information content (AvgIpc) is 3.25. The van der Waals surface area contributed by atoms with Gasteiger partial charge in [-0.05, 0) is 36.4 Å². The Balaban J connectivity index is 1.45. The number of ether oxygens (including phenoxy) is 3. The Morgan fingerprint density at radius 3 is 2.55 bits per heavy atom. The van der Waals surface area contributed by atoms with Crippen molar-refractivity contribution < 1.29 is 19.0 Å². The predicted molar refractivity (Wildman–Crippen MR) is 109 cm³/mol. The fraction of sp³-hybridized carbons (Fsp3) is 0.143. The summed E-state index contributed by atoms with van der Waals surface area (Å²) >= 11 is 1.47. The minimum absolute atomic E-state index is 0.0845. The molecule has 4 rings (SSSR count). The van der Waals surface area contributed by atoms with Crippen molar-refractivity contribution in [3.8, 4) is 22.1 Å². The molecule has 0 aliphatic carbocycles. The number of nitrogens with zero attached hydrogens (tertiary/aromatic N) is 3. The fourth-order valence-corrected chi connectivity index (χ4v) is 3.59. The molecular formula is C21H17N3O4S. The van der Waals surface area contributed by atoms with Crippen LogP contribution in [-0.2, 0) is 11.3 Å². The molecule has 0 aliphatic rings. The van der Waals surface area contributed by atoms with Gasteiger partial charge in [0.15, 0.2) is 11.5 Å². The Labute approximate surface area is 170 Å². The van der Waals surface area contributed by atoms with Crippen molar-refractivity contribution in [3.05, 3.63) is 65.4 Å². The summed E-state index contributed by atoms with van der Waals surface area (Å²) in [4.78, 5) is 25.3. The number of hydrogen-bond donors (Lipinski definition) is 0. The normalized spacial score (nSPS) is 10.7. The number of fused-ring (bicyclic) bond motifs is 1. The van der Waals surface area contributed by atoms with Gasteiger partial charge in [-0.3, -0.25) is 9.97 Å². The molecule has 7 nitrogen and oxygen atoms in total. The molecule has 0 unspecified atom stereocenters. The lowest BCUT2D eigenvalue weighted by atomic mass is 10.2. The molecule has 29 heavy (non-hydrogen) atoms.